The highest BCUT2D eigenvalue weighted by molar-refractivity contribution is 9.10. The molecule has 0 fully saturated rings. The van der Waals surface area contributed by atoms with Crippen molar-refractivity contribution in [2.45, 2.75) is 0 Å². The Labute approximate surface area is 134 Å². The third-order valence-corrected chi connectivity index (χ3v) is 3.75. The van der Waals surface area contributed by atoms with Crippen molar-refractivity contribution in [1.82, 2.24) is 19.9 Å². The Bertz CT molecular complexity index is 838. The number of hydrogen-bond acceptors (Lipinski definition) is 4. The first kappa shape index (κ1) is 13.8. The number of H-pyrrole nitrogens is 1. The summed E-state index contributed by atoms with van der Waals surface area (Å²) in [5.74, 6) is 0.651. The number of pyridine rings is 1. The van der Waals surface area contributed by atoms with E-state index in [1.54, 1.807) is 23.3 Å². The van der Waals surface area contributed by atoms with E-state index in [0.717, 1.165) is 15.6 Å². The molecule has 2 heterocycles. The second-order valence-electron chi connectivity index (χ2n) is 4.17. The molecule has 3 rings (SSSR count). The van der Waals surface area contributed by atoms with Crippen LogP contribution in [0.4, 0.5) is 0 Å². The molecule has 0 atom stereocenters. The molecule has 0 saturated heterocycles. The fraction of sp³-hybridized carbons (Fsp3) is 0. The summed E-state index contributed by atoms with van der Waals surface area (Å²) in [4.78, 5) is 3.97. The zero-order valence-electron chi connectivity index (χ0n) is 10.8. The van der Waals surface area contributed by atoms with Gasteiger partial charge in [-0.1, -0.05) is 28.1 Å². The number of nitrogens with one attached hydrogen (secondary N) is 1. The van der Waals surface area contributed by atoms with E-state index in [2.05, 4.69) is 36.2 Å². The highest BCUT2D eigenvalue weighted by Crippen LogP contribution is 2.26. The quantitative estimate of drug-likeness (QED) is 0.573. The van der Waals surface area contributed by atoms with Crippen LogP contribution in [0.15, 0.2) is 58.4 Å². The van der Waals surface area contributed by atoms with Gasteiger partial charge in [0.15, 0.2) is 5.82 Å². The predicted molar refractivity (Wildman–Crippen MR) is 87.8 cm³/mol. The maximum atomic E-state index is 5.24. The molecule has 0 spiro atoms. The monoisotopic (exact) mass is 359 g/mol. The predicted octanol–water partition coefficient (Wildman–Crippen LogP) is 3.65. The van der Waals surface area contributed by atoms with E-state index in [4.69, 9.17) is 12.2 Å². The van der Waals surface area contributed by atoms with Crippen molar-refractivity contribution >= 4 is 34.4 Å². The summed E-state index contributed by atoms with van der Waals surface area (Å²) in [6.07, 6.45) is 5.14. The van der Waals surface area contributed by atoms with Gasteiger partial charge in [-0.25, -0.2) is 5.10 Å². The van der Waals surface area contributed by atoms with E-state index in [1.165, 1.54) is 0 Å². The number of halogens is 1. The van der Waals surface area contributed by atoms with Gasteiger partial charge >= 0.3 is 0 Å². The van der Waals surface area contributed by atoms with Crippen LogP contribution in [0.25, 0.3) is 11.4 Å². The standard InChI is InChI=1S/C14H10BrN5S/c15-12-4-2-1-3-11(12)13-18-19-14(21)20(13)17-9-10-5-7-16-8-6-10/h1-9H,(H,19,21)/b17-9-. The molecule has 3 aromatic rings. The number of rotatable bonds is 3. The lowest BCUT2D eigenvalue weighted by molar-refractivity contribution is 0.871. The number of benzene rings is 1. The van der Waals surface area contributed by atoms with Gasteiger partial charge in [0.2, 0.25) is 4.77 Å². The number of aromatic nitrogens is 4. The summed E-state index contributed by atoms with van der Waals surface area (Å²) in [6, 6.07) is 11.5. The molecule has 5 nitrogen and oxygen atoms in total. The highest BCUT2D eigenvalue weighted by atomic mass is 79.9. The number of hydrogen-bond donors (Lipinski definition) is 1. The van der Waals surface area contributed by atoms with Gasteiger partial charge in [-0.3, -0.25) is 4.98 Å². The molecule has 2 aromatic heterocycles. The molecular weight excluding hydrogens is 350 g/mol. The van der Waals surface area contributed by atoms with E-state index in [0.29, 0.717) is 10.6 Å². The fourth-order valence-electron chi connectivity index (χ4n) is 1.79. The third-order valence-electron chi connectivity index (χ3n) is 2.79. The smallest absolute Gasteiger partial charge is 0.216 e. The normalized spacial score (nSPS) is 11.1. The zero-order valence-corrected chi connectivity index (χ0v) is 13.2. The van der Waals surface area contributed by atoms with Crippen LogP contribution in [0.2, 0.25) is 0 Å². The van der Waals surface area contributed by atoms with Crippen molar-refractivity contribution in [2.75, 3.05) is 0 Å². The van der Waals surface area contributed by atoms with Gasteiger partial charge < -0.3 is 0 Å². The molecule has 0 radical (unpaired) electrons. The summed E-state index contributed by atoms with van der Waals surface area (Å²) in [5, 5.41) is 11.4. The summed E-state index contributed by atoms with van der Waals surface area (Å²) >= 11 is 8.75. The van der Waals surface area contributed by atoms with Crippen LogP contribution in [0.5, 0.6) is 0 Å². The Morgan fingerprint density at radius 1 is 1.19 bits per heavy atom. The topological polar surface area (TPSA) is 58.9 Å². The summed E-state index contributed by atoms with van der Waals surface area (Å²) in [7, 11) is 0. The zero-order chi connectivity index (χ0) is 14.7. The largest absolute Gasteiger partial charge is 0.265 e. The van der Waals surface area contributed by atoms with Crippen LogP contribution < -0.4 is 0 Å². The van der Waals surface area contributed by atoms with Crippen molar-refractivity contribution in [3.63, 3.8) is 0 Å². The maximum Gasteiger partial charge on any atom is 0.216 e. The Morgan fingerprint density at radius 2 is 1.95 bits per heavy atom. The molecule has 1 N–H and O–H groups in total. The average molecular weight is 360 g/mol. The minimum Gasteiger partial charge on any atom is -0.265 e. The lowest BCUT2D eigenvalue weighted by atomic mass is 10.2. The van der Waals surface area contributed by atoms with E-state index >= 15 is 0 Å². The molecule has 104 valence electrons. The first-order valence-corrected chi connectivity index (χ1v) is 7.32. The lowest BCUT2D eigenvalue weighted by Crippen LogP contribution is -1.95. The average Bonchev–Trinajstić information content (AvgIpc) is 2.88. The van der Waals surface area contributed by atoms with Crippen molar-refractivity contribution < 1.29 is 0 Å². The Kier molecular flexibility index (Phi) is 4.03. The van der Waals surface area contributed by atoms with Gasteiger partial charge in [0.05, 0.1) is 6.21 Å². The van der Waals surface area contributed by atoms with Crippen LogP contribution in [0, 0.1) is 4.77 Å². The van der Waals surface area contributed by atoms with Crippen LogP contribution in [-0.2, 0) is 0 Å². The van der Waals surface area contributed by atoms with Gasteiger partial charge in [-0.05, 0) is 42.0 Å². The Hall–Kier alpha value is -2.12. The summed E-state index contributed by atoms with van der Waals surface area (Å²) < 4.78 is 2.96. The molecule has 0 saturated carbocycles. The van der Waals surface area contributed by atoms with E-state index in [1.807, 2.05) is 36.4 Å². The molecular formula is C14H10BrN5S. The van der Waals surface area contributed by atoms with E-state index in [9.17, 15) is 0 Å². The maximum absolute atomic E-state index is 5.24. The van der Waals surface area contributed by atoms with Gasteiger partial charge in [0.25, 0.3) is 0 Å². The SMILES string of the molecule is S=c1[nH]nc(-c2ccccc2Br)n1/N=C\c1ccncc1. The van der Waals surface area contributed by atoms with Crippen molar-refractivity contribution in [3.8, 4) is 11.4 Å². The molecule has 0 bridgehead atoms. The minimum atomic E-state index is 0.436. The van der Waals surface area contributed by atoms with E-state index < -0.39 is 0 Å². The van der Waals surface area contributed by atoms with E-state index in [-0.39, 0.29) is 0 Å². The summed E-state index contributed by atoms with van der Waals surface area (Å²) in [6.45, 7) is 0. The minimum absolute atomic E-state index is 0.436. The van der Waals surface area contributed by atoms with Crippen LogP contribution >= 0.6 is 28.1 Å². The Morgan fingerprint density at radius 3 is 2.71 bits per heavy atom. The molecule has 0 unspecified atom stereocenters. The first-order chi connectivity index (χ1) is 10.3. The van der Waals surface area contributed by atoms with Gasteiger partial charge in [-0.2, -0.15) is 14.9 Å². The summed E-state index contributed by atoms with van der Waals surface area (Å²) in [5.41, 5.74) is 1.85. The van der Waals surface area contributed by atoms with Crippen LogP contribution in [-0.4, -0.2) is 26.1 Å². The number of nitrogens with zero attached hydrogens (tertiary/aromatic N) is 4. The van der Waals surface area contributed by atoms with Crippen molar-refractivity contribution in [2.24, 2.45) is 5.10 Å². The molecule has 1 aromatic carbocycles. The van der Waals surface area contributed by atoms with Gasteiger partial charge in [0, 0.05) is 22.4 Å². The molecule has 21 heavy (non-hydrogen) atoms. The fourth-order valence-corrected chi connectivity index (χ4v) is 2.43. The number of aromatic amines is 1. The highest BCUT2D eigenvalue weighted by Gasteiger charge is 2.10. The molecule has 7 heteroatoms. The third kappa shape index (κ3) is 2.98. The molecule has 0 aliphatic heterocycles. The van der Waals surface area contributed by atoms with Crippen LogP contribution in [0.1, 0.15) is 5.56 Å². The Balaban J connectivity index is 2.05. The molecule has 0 amide bonds. The van der Waals surface area contributed by atoms with Gasteiger partial charge in [-0.15, -0.1) is 0 Å². The van der Waals surface area contributed by atoms with Crippen LogP contribution in [0.3, 0.4) is 0 Å². The second kappa shape index (κ2) is 6.11. The first-order valence-electron chi connectivity index (χ1n) is 6.12. The molecule has 0 aliphatic rings. The van der Waals surface area contributed by atoms with Crippen molar-refractivity contribution in [1.29, 1.82) is 0 Å². The molecule has 0 aliphatic carbocycles. The van der Waals surface area contributed by atoms with Crippen molar-refractivity contribution in [3.05, 3.63) is 63.6 Å². The van der Waals surface area contributed by atoms with Gasteiger partial charge in [0.1, 0.15) is 0 Å². The second-order valence-corrected chi connectivity index (χ2v) is 5.41. The lowest BCUT2D eigenvalue weighted by Gasteiger charge is -2.03.